The van der Waals surface area contributed by atoms with Crippen molar-refractivity contribution in [3.63, 3.8) is 0 Å². The Balaban J connectivity index is 1.34. The minimum atomic E-state index is 0.0611. The van der Waals surface area contributed by atoms with Crippen LogP contribution < -0.4 is 10.1 Å². The van der Waals surface area contributed by atoms with Crippen molar-refractivity contribution < 1.29 is 9.53 Å². The molecule has 5 heteroatoms. The van der Waals surface area contributed by atoms with Gasteiger partial charge < -0.3 is 10.1 Å². The van der Waals surface area contributed by atoms with Crippen molar-refractivity contribution in [3.05, 3.63) is 45.9 Å². The van der Waals surface area contributed by atoms with Crippen molar-refractivity contribution in [2.24, 2.45) is 0 Å². The second-order valence-electron chi connectivity index (χ2n) is 5.48. The maximum Gasteiger partial charge on any atom is 0.220 e. The molecule has 0 bridgehead atoms. The maximum absolute atomic E-state index is 11.7. The molecule has 1 amide bonds. The molecule has 1 aliphatic rings. The van der Waals surface area contributed by atoms with E-state index in [0.717, 1.165) is 23.5 Å². The third-order valence-corrected chi connectivity index (χ3v) is 4.61. The molecule has 116 valence electrons. The summed E-state index contributed by atoms with van der Waals surface area (Å²) in [5, 5.41) is 2.89. The lowest BCUT2D eigenvalue weighted by Crippen LogP contribution is -2.22. The number of amides is 1. The van der Waals surface area contributed by atoms with Gasteiger partial charge in [0.1, 0.15) is 5.75 Å². The van der Waals surface area contributed by atoms with Gasteiger partial charge in [-0.15, -0.1) is 11.3 Å². The van der Waals surface area contributed by atoms with Crippen LogP contribution in [0, 0.1) is 0 Å². The summed E-state index contributed by atoms with van der Waals surface area (Å²) in [6.45, 7) is 1.14. The van der Waals surface area contributed by atoms with Gasteiger partial charge >= 0.3 is 0 Å². The van der Waals surface area contributed by atoms with Crippen LogP contribution >= 0.6 is 11.3 Å². The number of hydrogen-bond donors (Lipinski definition) is 1. The lowest BCUT2D eigenvalue weighted by molar-refractivity contribution is -0.121. The van der Waals surface area contributed by atoms with Crippen molar-refractivity contribution in [2.45, 2.75) is 38.6 Å². The van der Waals surface area contributed by atoms with E-state index in [1.807, 2.05) is 6.07 Å². The molecule has 1 heterocycles. The van der Waals surface area contributed by atoms with Crippen LogP contribution in [0.5, 0.6) is 5.75 Å². The zero-order valence-corrected chi connectivity index (χ0v) is 13.3. The lowest BCUT2D eigenvalue weighted by atomic mass is 10.1. The summed E-state index contributed by atoms with van der Waals surface area (Å²) in [6.07, 6.45) is 6.60. The van der Waals surface area contributed by atoms with Gasteiger partial charge in [-0.05, 0) is 48.9 Å². The molecule has 4 nitrogen and oxygen atoms in total. The predicted molar refractivity (Wildman–Crippen MR) is 87.2 cm³/mol. The molecule has 0 unspecified atom stereocenters. The van der Waals surface area contributed by atoms with Crippen molar-refractivity contribution in [3.8, 4) is 5.75 Å². The number of fused-ring (bicyclic) bond motifs is 1. The summed E-state index contributed by atoms with van der Waals surface area (Å²) in [5.41, 5.74) is 4.64. The van der Waals surface area contributed by atoms with Crippen LogP contribution in [0.15, 0.2) is 29.9 Å². The summed E-state index contributed by atoms with van der Waals surface area (Å²) in [4.78, 5) is 16.8. The topological polar surface area (TPSA) is 51.2 Å². The van der Waals surface area contributed by atoms with E-state index < -0.39 is 0 Å². The Morgan fingerprint density at radius 1 is 1.32 bits per heavy atom. The molecule has 2 aromatic rings. The summed E-state index contributed by atoms with van der Waals surface area (Å²) in [6, 6.07) is 6.35. The Hall–Kier alpha value is -1.88. The molecule has 0 atom stereocenters. The molecule has 3 rings (SSSR count). The largest absolute Gasteiger partial charge is 0.494 e. The van der Waals surface area contributed by atoms with Gasteiger partial charge in [0, 0.05) is 17.5 Å². The van der Waals surface area contributed by atoms with Gasteiger partial charge in [-0.3, -0.25) is 9.78 Å². The smallest absolute Gasteiger partial charge is 0.220 e. The zero-order chi connectivity index (χ0) is 15.2. The van der Waals surface area contributed by atoms with Crippen LogP contribution in [-0.4, -0.2) is 17.5 Å². The van der Waals surface area contributed by atoms with E-state index in [4.69, 9.17) is 4.74 Å². The first kappa shape index (κ1) is 15.0. The van der Waals surface area contributed by atoms with Gasteiger partial charge in [0.05, 0.1) is 18.7 Å². The van der Waals surface area contributed by atoms with E-state index in [-0.39, 0.29) is 5.91 Å². The van der Waals surface area contributed by atoms with Crippen molar-refractivity contribution >= 4 is 17.2 Å². The van der Waals surface area contributed by atoms with Crippen molar-refractivity contribution in [2.75, 3.05) is 6.61 Å². The van der Waals surface area contributed by atoms with Crippen LogP contribution in [0.25, 0.3) is 0 Å². The van der Waals surface area contributed by atoms with Gasteiger partial charge in [-0.2, -0.15) is 0 Å². The number of carbonyl (C=O) groups is 1. The lowest BCUT2D eigenvalue weighted by Gasteiger charge is -2.08. The average molecular weight is 316 g/mol. The second kappa shape index (κ2) is 7.40. The van der Waals surface area contributed by atoms with Gasteiger partial charge in [0.15, 0.2) is 0 Å². The third-order valence-electron chi connectivity index (χ3n) is 3.83. The summed E-state index contributed by atoms with van der Waals surface area (Å²) in [5.74, 6) is 0.983. The predicted octanol–water partition coefficient (Wildman–Crippen LogP) is 3.11. The van der Waals surface area contributed by atoms with Gasteiger partial charge in [-0.1, -0.05) is 6.07 Å². The van der Waals surface area contributed by atoms with Crippen LogP contribution in [0.4, 0.5) is 0 Å². The third kappa shape index (κ3) is 4.07. The number of thiazole rings is 1. The first-order valence-corrected chi connectivity index (χ1v) is 8.58. The zero-order valence-electron chi connectivity index (χ0n) is 12.5. The molecule has 1 aromatic carbocycles. The van der Waals surface area contributed by atoms with E-state index in [1.165, 1.54) is 24.0 Å². The Morgan fingerprint density at radius 2 is 2.23 bits per heavy atom. The highest BCUT2D eigenvalue weighted by atomic mass is 32.1. The number of ether oxygens (including phenoxy) is 1. The fourth-order valence-electron chi connectivity index (χ4n) is 2.66. The molecule has 1 aliphatic carbocycles. The number of carbonyl (C=O) groups excluding carboxylic acids is 1. The SMILES string of the molecule is O=C(CCCOc1ccc2c(c1)CCC2)NCc1cncs1. The van der Waals surface area contributed by atoms with E-state index >= 15 is 0 Å². The van der Waals surface area contributed by atoms with Gasteiger partial charge in [0.25, 0.3) is 0 Å². The Labute approximate surface area is 134 Å². The number of aryl methyl sites for hydroxylation is 2. The molecule has 0 radical (unpaired) electrons. The first-order chi connectivity index (χ1) is 10.8. The van der Waals surface area contributed by atoms with Crippen molar-refractivity contribution in [1.29, 1.82) is 0 Å². The molecule has 0 saturated heterocycles. The Bertz CT molecular complexity index is 626. The van der Waals surface area contributed by atoms with Gasteiger partial charge in [-0.25, -0.2) is 0 Å². The number of hydrogen-bond acceptors (Lipinski definition) is 4. The fraction of sp³-hybridized carbons (Fsp3) is 0.412. The first-order valence-electron chi connectivity index (χ1n) is 7.70. The highest BCUT2D eigenvalue weighted by Crippen LogP contribution is 2.26. The van der Waals surface area contributed by atoms with E-state index in [0.29, 0.717) is 19.6 Å². The number of nitrogens with one attached hydrogen (secondary N) is 1. The number of benzene rings is 1. The molecule has 22 heavy (non-hydrogen) atoms. The monoisotopic (exact) mass is 316 g/mol. The molecule has 0 spiro atoms. The number of rotatable bonds is 7. The summed E-state index contributed by atoms with van der Waals surface area (Å²) >= 11 is 1.55. The van der Waals surface area contributed by atoms with Gasteiger partial charge in [0.2, 0.25) is 5.91 Å². The van der Waals surface area contributed by atoms with Crippen LogP contribution in [-0.2, 0) is 24.2 Å². The summed E-state index contributed by atoms with van der Waals surface area (Å²) in [7, 11) is 0. The van der Waals surface area contributed by atoms with Crippen LogP contribution in [0.1, 0.15) is 35.3 Å². The summed E-state index contributed by atoms with van der Waals surface area (Å²) < 4.78 is 5.74. The molecular weight excluding hydrogens is 296 g/mol. The standard InChI is InChI=1S/C17H20N2O2S/c20-17(19-11-16-10-18-12-22-16)5-2-8-21-15-7-6-13-3-1-4-14(13)9-15/h6-7,9-10,12H,1-5,8,11H2,(H,19,20). The highest BCUT2D eigenvalue weighted by molar-refractivity contribution is 7.09. The molecular formula is C17H20N2O2S. The Kier molecular flexibility index (Phi) is 5.06. The van der Waals surface area contributed by atoms with Crippen molar-refractivity contribution in [1.82, 2.24) is 10.3 Å². The van der Waals surface area contributed by atoms with E-state index in [1.54, 1.807) is 23.0 Å². The minimum Gasteiger partial charge on any atom is -0.494 e. The molecule has 1 aromatic heterocycles. The van der Waals surface area contributed by atoms with Crippen LogP contribution in [0.2, 0.25) is 0 Å². The van der Waals surface area contributed by atoms with E-state index in [9.17, 15) is 4.79 Å². The van der Waals surface area contributed by atoms with Crippen LogP contribution in [0.3, 0.4) is 0 Å². The Morgan fingerprint density at radius 3 is 3.09 bits per heavy atom. The fourth-order valence-corrected chi connectivity index (χ4v) is 3.20. The number of nitrogens with zero attached hydrogens (tertiary/aromatic N) is 1. The molecule has 0 saturated carbocycles. The normalized spacial score (nSPS) is 12.9. The highest BCUT2D eigenvalue weighted by Gasteiger charge is 2.11. The minimum absolute atomic E-state index is 0.0611. The average Bonchev–Trinajstić information content (AvgIpc) is 3.20. The molecule has 0 fully saturated rings. The quantitative estimate of drug-likeness (QED) is 0.799. The molecule has 1 N–H and O–H groups in total. The second-order valence-corrected chi connectivity index (χ2v) is 6.45. The maximum atomic E-state index is 11.7. The molecule has 0 aliphatic heterocycles. The van der Waals surface area contributed by atoms with E-state index in [2.05, 4.69) is 22.4 Å². The number of aromatic nitrogens is 1.